The summed E-state index contributed by atoms with van der Waals surface area (Å²) in [5.74, 6) is 0.315. The molecule has 7 heteroatoms. The molecule has 0 aliphatic carbocycles. The molecule has 1 saturated heterocycles. The van der Waals surface area contributed by atoms with E-state index in [1.165, 1.54) is 19.3 Å². The number of nitrogens with zero attached hydrogens (tertiary/aromatic N) is 2. The second-order valence-electron chi connectivity index (χ2n) is 5.63. The Kier molecular flexibility index (Phi) is 8.00. The summed E-state index contributed by atoms with van der Waals surface area (Å²) in [6, 6.07) is 3.82. The Morgan fingerprint density at radius 1 is 1.24 bits per heavy atom. The van der Waals surface area contributed by atoms with Gasteiger partial charge in [-0.25, -0.2) is 4.98 Å². The van der Waals surface area contributed by atoms with E-state index in [9.17, 15) is 4.79 Å². The van der Waals surface area contributed by atoms with E-state index in [2.05, 4.69) is 15.2 Å². The van der Waals surface area contributed by atoms with Crippen LogP contribution in [0, 0.1) is 0 Å². The summed E-state index contributed by atoms with van der Waals surface area (Å²) < 4.78 is 0. The van der Waals surface area contributed by atoms with Crippen LogP contribution in [0.3, 0.4) is 0 Å². The van der Waals surface area contributed by atoms with Crippen molar-refractivity contribution in [2.24, 2.45) is 5.73 Å². The van der Waals surface area contributed by atoms with Crippen molar-refractivity contribution in [3.63, 3.8) is 0 Å². The van der Waals surface area contributed by atoms with Gasteiger partial charge in [0.05, 0.1) is 17.4 Å². The van der Waals surface area contributed by atoms with Crippen molar-refractivity contribution in [2.75, 3.05) is 23.3 Å². The van der Waals surface area contributed by atoms with Crippen LogP contribution < -0.4 is 16.0 Å². The van der Waals surface area contributed by atoms with Crippen LogP contribution in [-0.2, 0) is 4.79 Å². The van der Waals surface area contributed by atoms with Gasteiger partial charge in [0, 0.05) is 13.1 Å². The topological polar surface area (TPSA) is 71.2 Å². The number of halogens is 2. The minimum Gasteiger partial charge on any atom is -0.370 e. The highest BCUT2D eigenvalue weighted by molar-refractivity contribution is 5.96. The number of rotatable bonds is 3. The zero-order chi connectivity index (χ0) is 13.9. The average molecular weight is 335 g/mol. The van der Waals surface area contributed by atoms with Crippen LogP contribution >= 0.6 is 24.8 Å². The summed E-state index contributed by atoms with van der Waals surface area (Å²) in [5, 5.41) is 2.72. The number of pyridine rings is 1. The van der Waals surface area contributed by atoms with Gasteiger partial charge in [-0.05, 0) is 45.2 Å². The molecule has 1 aromatic rings. The van der Waals surface area contributed by atoms with Gasteiger partial charge in [-0.2, -0.15) is 0 Å². The summed E-state index contributed by atoms with van der Waals surface area (Å²) >= 11 is 0. The van der Waals surface area contributed by atoms with E-state index in [1.54, 1.807) is 13.8 Å². The zero-order valence-electron chi connectivity index (χ0n) is 12.5. The standard InChI is InChI=1S/C14H22N4O.2ClH/c1-14(2,15)13(19)17-12-7-6-11(10-16-12)18-8-4-3-5-9-18;;/h6-7,10H,3-5,8-9,15H2,1-2H3,(H,16,17,19);2*1H. The Morgan fingerprint density at radius 3 is 2.33 bits per heavy atom. The molecule has 1 aliphatic rings. The SMILES string of the molecule is CC(C)(N)C(=O)Nc1ccc(N2CCCCC2)cn1.Cl.Cl. The number of nitrogens with two attached hydrogens (primary N) is 1. The fraction of sp³-hybridized carbons (Fsp3) is 0.571. The minimum atomic E-state index is -0.896. The molecule has 5 nitrogen and oxygen atoms in total. The van der Waals surface area contributed by atoms with Crippen LogP contribution in [0.15, 0.2) is 18.3 Å². The Hall–Kier alpha value is -1.04. The van der Waals surface area contributed by atoms with Gasteiger partial charge in [0.25, 0.3) is 0 Å². The Morgan fingerprint density at radius 2 is 1.86 bits per heavy atom. The second kappa shape index (κ2) is 8.41. The summed E-state index contributed by atoms with van der Waals surface area (Å²) in [5.41, 5.74) is 5.95. The molecule has 1 fully saturated rings. The number of aromatic nitrogens is 1. The molecule has 2 rings (SSSR count). The molecular formula is C14H24Cl2N4O. The molecule has 3 N–H and O–H groups in total. The highest BCUT2D eigenvalue weighted by Crippen LogP contribution is 2.20. The molecule has 0 unspecified atom stereocenters. The van der Waals surface area contributed by atoms with Crippen molar-refractivity contribution in [3.05, 3.63) is 18.3 Å². The van der Waals surface area contributed by atoms with Gasteiger partial charge in [-0.15, -0.1) is 24.8 Å². The van der Waals surface area contributed by atoms with Gasteiger partial charge in [0.2, 0.25) is 5.91 Å². The third kappa shape index (κ3) is 5.69. The Labute approximate surface area is 138 Å². The molecule has 0 spiro atoms. The van der Waals surface area contributed by atoms with E-state index >= 15 is 0 Å². The van der Waals surface area contributed by atoms with Crippen molar-refractivity contribution in [1.82, 2.24) is 4.98 Å². The molecule has 1 aromatic heterocycles. The number of piperidine rings is 1. The monoisotopic (exact) mass is 334 g/mol. The first kappa shape index (κ1) is 20.0. The molecule has 0 aromatic carbocycles. The predicted molar refractivity (Wildman–Crippen MR) is 91.7 cm³/mol. The normalized spacial score (nSPS) is 14.7. The van der Waals surface area contributed by atoms with Crippen molar-refractivity contribution in [3.8, 4) is 0 Å². The molecule has 21 heavy (non-hydrogen) atoms. The lowest BCUT2D eigenvalue weighted by molar-refractivity contribution is -0.120. The van der Waals surface area contributed by atoms with Gasteiger partial charge in [-0.3, -0.25) is 4.79 Å². The fourth-order valence-electron chi connectivity index (χ4n) is 2.08. The first-order valence-corrected chi connectivity index (χ1v) is 6.78. The molecule has 0 atom stereocenters. The zero-order valence-corrected chi connectivity index (χ0v) is 14.1. The Bertz CT molecular complexity index is 439. The van der Waals surface area contributed by atoms with Crippen molar-refractivity contribution in [2.45, 2.75) is 38.6 Å². The van der Waals surface area contributed by atoms with Crippen LogP contribution in [0.4, 0.5) is 11.5 Å². The summed E-state index contributed by atoms with van der Waals surface area (Å²) in [4.78, 5) is 18.3. The molecule has 0 radical (unpaired) electrons. The molecule has 1 aliphatic heterocycles. The van der Waals surface area contributed by atoms with Gasteiger partial charge in [0.15, 0.2) is 0 Å². The number of nitrogens with one attached hydrogen (secondary N) is 1. The fourth-order valence-corrected chi connectivity index (χ4v) is 2.08. The van der Waals surface area contributed by atoms with E-state index in [4.69, 9.17) is 5.73 Å². The average Bonchev–Trinajstić information content (AvgIpc) is 2.39. The van der Waals surface area contributed by atoms with E-state index < -0.39 is 5.54 Å². The second-order valence-corrected chi connectivity index (χ2v) is 5.63. The van der Waals surface area contributed by atoms with Crippen LogP contribution in [0.1, 0.15) is 33.1 Å². The van der Waals surface area contributed by atoms with E-state index in [-0.39, 0.29) is 30.7 Å². The molecule has 1 amide bonds. The highest BCUT2D eigenvalue weighted by atomic mass is 35.5. The molecule has 0 bridgehead atoms. The first-order chi connectivity index (χ1) is 8.97. The number of amides is 1. The van der Waals surface area contributed by atoms with Crippen LogP contribution in [-0.4, -0.2) is 29.5 Å². The maximum atomic E-state index is 11.7. The molecule has 0 saturated carbocycles. The Balaban J connectivity index is 0.00000200. The van der Waals surface area contributed by atoms with Crippen molar-refractivity contribution in [1.29, 1.82) is 0 Å². The van der Waals surface area contributed by atoms with Gasteiger partial charge in [0.1, 0.15) is 5.82 Å². The predicted octanol–water partition coefficient (Wildman–Crippen LogP) is 2.59. The maximum absolute atomic E-state index is 11.7. The lowest BCUT2D eigenvalue weighted by Crippen LogP contribution is -2.45. The molecular weight excluding hydrogens is 311 g/mol. The van der Waals surface area contributed by atoms with E-state index in [1.807, 2.05) is 18.3 Å². The lowest BCUT2D eigenvalue weighted by Gasteiger charge is -2.28. The molecule has 120 valence electrons. The smallest absolute Gasteiger partial charge is 0.245 e. The van der Waals surface area contributed by atoms with E-state index in [0.29, 0.717) is 5.82 Å². The van der Waals surface area contributed by atoms with Crippen LogP contribution in [0.2, 0.25) is 0 Å². The number of carbonyl (C=O) groups excluding carboxylic acids is 1. The van der Waals surface area contributed by atoms with Gasteiger partial charge >= 0.3 is 0 Å². The van der Waals surface area contributed by atoms with Crippen LogP contribution in [0.25, 0.3) is 0 Å². The van der Waals surface area contributed by atoms with Gasteiger partial charge < -0.3 is 16.0 Å². The number of hydrogen-bond donors (Lipinski definition) is 2. The quantitative estimate of drug-likeness (QED) is 0.891. The summed E-state index contributed by atoms with van der Waals surface area (Å²) in [6.07, 6.45) is 5.59. The number of anilines is 2. The summed E-state index contributed by atoms with van der Waals surface area (Å²) in [6.45, 7) is 5.52. The first-order valence-electron chi connectivity index (χ1n) is 6.78. The third-order valence-electron chi connectivity index (χ3n) is 3.30. The number of hydrogen-bond acceptors (Lipinski definition) is 4. The third-order valence-corrected chi connectivity index (χ3v) is 3.30. The maximum Gasteiger partial charge on any atom is 0.245 e. The van der Waals surface area contributed by atoms with Crippen molar-refractivity contribution >= 4 is 42.2 Å². The number of carbonyl (C=O) groups is 1. The lowest BCUT2D eigenvalue weighted by atomic mass is 10.1. The molecule has 2 heterocycles. The largest absolute Gasteiger partial charge is 0.370 e. The van der Waals surface area contributed by atoms with E-state index in [0.717, 1.165) is 18.8 Å². The minimum absolute atomic E-state index is 0. The summed E-state index contributed by atoms with van der Waals surface area (Å²) in [7, 11) is 0. The van der Waals surface area contributed by atoms with Gasteiger partial charge in [-0.1, -0.05) is 0 Å². The van der Waals surface area contributed by atoms with Crippen LogP contribution in [0.5, 0.6) is 0 Å². The van der Waals surface area contributed by atoms with Crippen molar-refractivity contribution < 1.29 is 4.79 Å². The highest BCUT2D eigenvalue weighted by Gasteiger charge is 2.22.